The average molecular weight is 451 g/mol. The third-order valence-electron chi connectivity index (χ3n) is 5.52. The first-order valence-corrected chi connectivity index (χ1v) is 12.4. The van der Waals surface area contributed by atoms with Gasteiger partial charge < -0.3 is 5.32 Å². The molecule has 3 aromatic carbocycles. The highest BCUT2D eigenvalue weighted by Gasteiger charge is 2.31. The number of sulfonamides is 1. The van der Waals surface area contributed by atoms with Gasteiger partial charge in [-0.1, -0.05) is 72.3 Å². The van der Waals surface area contributed by atoms with Crippen molar-refractivity contribution in [3.8, 4) is 0 Å². The summed E-state index contributed by atoms with van der Waals surface area (Å²) in [5, 5.41) is 3.08. The fraction of sp³-hybridized carbons (Fsp3) is 0.269. The van der Waals surface area contributed by atoms with Crippen LogP contribution in [0.3, 0.4) is 0 Å². The highest BCUT2D eigenvalue weighted by molar-refractivity contribution is 7.92. The Labute approximate surface area is 191 Å². The van der Waals surface area contributed by atoms with Gasteiger partial charge in [-0.2, -0.15) is 0 Å². The molecule has 1 N–H and O–H groups in total. The van der Waals surface area contributed by atoms with Gasteiger partial charge in [0.15, 0.2) is 0 Å². The number of nitrogens with zero attached hydrogens (tertiary/aromatic N) is 1. The van der Waals surface area contributed by atoms with Crippen LogP contribution < -0.4 is 9.62 Å². The van der Waals surface area contributed by atoms with Gasteiger partial charge in [0, 0.05) is 0 Å². The van der Waals surface area contributed by atoms with Crippen molar-refractivity contribution in [2.24, 2.45) is 0 Å². The summed E-state index contributed by atoms with van der Waals surface area (Å²) in [6, 6.07) is 21.9. The Kier molecular flexibility index (Phi) is 7.04. The Morgan fingerprint density at radius 2 is 1.41 bits per heavy atom. The average Bonchev–Trinajstić information content (AvgIpc) is 2.75. The van der Waals surface area contributed by atoms with Crippen LogP contribution in [-0.2, 0) is 14.8 Å². The van der Waals surface area contributed by atoms with Crippen LogP contribution in [0.15, 0.2) is 72.8 Å². The monoisotopic (exact) mass is 450 g/mol. The van der Waals surface area contributed by atoms with E-state index in [2.05, 4.69) is 5.32 Å². The minimum absolute atomic E-state index is 0.370. The van der Waals surface area contributed by atoms with E-state index >= 15 is 0 Å². The molecular formula is C26H30N2O3S. The van der Waals surface area contributed by atoms with Crippen LogP contribution in [0, 0.1) is 20.8 Å². The van der Waals surface area contributed by atoms with Gasteiger partial charge >= 0.3 is 0 Å². The van der Waals surface area contributed by atoms with Crippen molar-refractivity contribution in [2.75, 3.05) is 10.6 Å². The Bertz CT molecular complexity index is 1190. The van der Waals surface area contributed by atoms with Gasteiger partial charge in [-0.3, -0.25) is 9.10 Å². The molecule has 0 heterocycles. The van der Waals surface area contributed by atoms with Crippen molar-refractivity contribution < 1.29 is 13.2 Å². The van der Waals surface area contributed by atoms with E-state index in [1.165, 1.54) is 4.31 Å². The van der Waals surface area contributed by atoms with Gasteiger partial charge in [-0.25, -0.2) is 8.42 Å². The number of hydrogen-bond donors (Lipinski definition) is 1. The standard InChI is InChI=1S/C26H30N2O3S/c1-18-12-15-23(16-13-18)25(22-9-7-6-8-10-22)27-26(29)21(4)28(32(5,30)31)24-17-19(2)11-14-20(24)3/h6-17,21,25H,1-5H3,(H,27,29)/t21-,25-/m0/s1. The van der Waals surface area contributed by atoms with Crippen molar-refractivity contribution in [3.05, 3.63) is 101 Å². The number of benzene rings is 3. The quantitative estimate of drug-likeness (QED) is 0.569. The molecular weight excluding hydrogens is 420 g/mol. The van der Waals surface area contributed by atoms with E-state index < -0.39 is 22.1 Å². The summed E-state index contributed by atoms with van der Waals surface area (Å²) in [5.41, 5.74) is 5.21. The molecule has 3 rings (SSSR count). The maximum absolute atomic E-state index is 13.4. The van der Waals surface area contributed by atoms with Crippen LogP contribution >= 0.6 is 0 Å². The molecule has 0 aliphatic carbocycles. The predicted molar refractivity (Wildman–Crippen MR) is 130 cm³/mol. The number of carbonyl (C=O) groups excluding carboxylic acids is 1. The van der Waals surface area contributed by atoms with Gasteiger partial charge in [0.05, 0.1) is 18.0 Å². The van der Waals surface area contributed by atoms with E-state index in [9.17, 15) is 13.2 Å². The van der Waals surface area contributed by atoms with Crippen molar-refractivity contribution in [3.63, 3.8) is 0 Å². The van der Waals surface area contributed by atoms with E-state index in [1.807, 2.05) is 87.5 Å². The zero-order valence-electron chi connectivity index (χ0n) is 19.2. The highest BCUT2D eigenvalue weighted by atomic mass is 32.2. The topological polar surface area (TPSA) is 66.5 Å². The number of aryl methyl sites for hydroxylation is 3. The minimum Gasteiger partial charge on any atom is -0.343 e. The Morgan fingerprint density at radius 1 is 0.844 bits per heavy atom. The fourth-order valence-electron chi connectivity index (χ4n) is 3.76. The molecule has 1 amide bonds. The first-order valence-electron chi connectivity index (χ1n) is 10.6. The molecule has 0 spiro atoms. The van der Waals surface area contributed by atoms with Gasteiger partial charge in [0.2, 0.25) is 15.9 Å². The van der Waals surface area contributed by atoms with Gasteiger partial charge in [0.25, 0.3) is 0 Å². The maximum atomic E-state index is 13.4. The lowest BCUT2D eigenvalue weighted by atomic mass is 9.97. The lowest BCUT2D eigenvalue weighted by Crippen LogP contribution is -2.49. The molecule has 0 bridgehead atoms. The summed E-state index contributed by atoms with van der Waals surface area (Å²) in [4.78, 5) is 13.4. The van der Waals surface area contributed by atoms with Crippen molar-refractivity contribution in [1.29, 1.82) is 0 Å². The molecule has 0 aliphatic heterocycles. The number of hydrogen-bond acceptors (Lipinski definition) is 3. The molecule has 6 heteroatoms. The minimum atomic E-state index is -3.70. The first kappa shape index (κ1) is 23.5. The lowest BCUT2D eigenvalue weighted by molar-refractivity contribution is -0.122. The van der Waals surface area contributed by atoms with E-state index in [4.69, 9.17) is 0 Å². The predicted octanol–water partition coefficient (Wildman–Crippen LogP) is 4.67. The molecule has 0 saturated heterocycles. The summed E-state index contributed by atoms with van der Waals surface area (Å²) < 4.78 is 26.7. The Balaban J connectivity index is 1.98. The molecule has 0 unspecified atom stereocenters. The molecule has 0 aliphatic rings. The number of carbonyl (C=O) groups is 1. The molecule has 0 fully saturated rings. The van der Waals surface area contributed by atoms with Crippen LogP contribution in [-0.4, -0.2) is 26.6 Å². The van der Waals surface area contributed by atoms with Crippen LogP contribution in [0.2, 0.25) is 0 Å². The molecule has 0 radical (unpaired) electrons. The molecule has 2 atom stereocenters. The zero-order valence-corrected chi connectivity index (χ0v) is 20.0. The van der Waals surface area contributed by atoms with Gasteiger partial charge in [0.1, 0.15) is 6.04 Å². The van der Waals surface area contributed by atoms with Crippen molar-refractivity contribution >= 4 is 21.6 Å². The largest absolute Gasteiger partial charge is 0.343 e. The second kappa shape index (κ2) is 9.57. The zero-order chi connectivity index (χ0) is 23.5. The summed E-state index contributed by atoms with van der Waals surface area (Å²) in [6.45, 7) is 7.37. The van der Waals surface area contributed by atoms with E-state index in [1.54, 1.807) is 13.0 Å². The SMILES string of the molecule is Cc1ccc([C@@H](NC(=O)[C@H](C)N(c2cc(C)ccc2C)S(C)(=O)=O)c2ccccc2)cc1. The molecule has 32 heavy (non-hydrogen) atoms. The molecule has 5 nitrogen and oxygen atoms in total. The molecule has 0 aromatic heterocycles. The first-order chi connectivity index (χ1) is 15.1. The summed E-state index contributed by atoms with van der Waals surface area (Å²) in [6.07, 6.45) is 1.13. The smallest absolute Gasteiger partial charge is 0.244 e. The summed E-state index contributed by atoms with van der Waals surface area (Å²) >= 11 is 0. The summed E-state index contributed by atoms with van der Waals surface area (Å²) in [7, 11) is -3.70. The maximum Gasteiger partial charge on any atom is 0.244 e. The highest BCUT2D eigenvalue weighted by Crippen LogP contribution is 2.28. The van der Waals surface area contributed by atoms with Gasteiger partial charge in [-0.05, 0) is 56.0 Å². The number of nitrogens with one attached hydrogen (secondary N) is 1. The van der Waals surface area contributed by atoms with E-state index in [0.717, 1.165) is 34.1 Å². The normalized spacial score (nSPS) is 13.3. The van der Waals surface area contributed by atoms with Crippen LogP contribution in [0.1, 0.15) is 40.8 Å². The van der Waals surface area contributed by atoms with E-state index in [-0.39, 0.29) is 5.91 Å². The third-order valence-corrected chi connectivity index (χ3v) is 6.75. The number of rotatable bonds is 7. The summed E-state index contributed by atoms with van der Waals surface area (Å²) in [5.74, 6) is -0.370. The molecule has 3 aromatic rings. The second-order valence-electron chi connectivity index (χ2n) is 8.29. The van der Waals surface area contributed by atoms with Gasteiger partial charge in [-0.15, -0.1) is 0 Å². The van der Waals surface area contributed by atoms with Crippen molar-refractivity contribution in [2.45, 2.75) is 39.8 Å². The number of anilines is 1. The second-order valence-corrected chi connectivity index (χ2v) is 10.1. The fourth-order valence-corrected chi connectivity index (χ4v) is 4.99. The molecule has 0 saturated carbocycles. The van der Waals surface area contributed by atoms with Crippen LogP contribution in [0.5, 0.6) is 0 Å². The third kappa shape index (κ3) is 5.37. The number of amides is 1. The Hall–Kier alpha value is -3.12. The Morgan fingerprint density at radius 3 is 2.00 bits per heavy atom. The molecule has 168 valence electrons. The van der Waals surface area contributed by atoms with E-state index in [0.29, 0.717) is 5.69 Å². The van der Waals surface area contributed by atoms with Crippen LogP contribution in [0.4, 0.5) is 5.69 Å². The van der Waals surface area contributed by atoms with Crippen molar-refractivity contribution in [1.82, 2.24) is 5.32 Å². The lowest BCUT2D eigenvalue weighted by Gasteiger charge is -2.31. The van der Waals surface area contributed by atoms with Crippen LogP contribution in [0.25, 0.3) is 0 Å².